The summed E-state index contributed by atoms with van der Waals surface area (Å²) in [6, 6.07) is 15.8. The van der Waals surface area contributed by atoms with Gasteiger partial charge in [0.2, 0.25) is 0 Å². The van der Waals surface area contributed by atoms with Crippen molar-refractivity contribution < 1.29 is 9.47 Å². The summed E-state index contributed by atoms with van der Waals surface area (Å²) in [4.78, 5) is 4.24. The third kappa shape index (κ3) is 6.99. The van der Waals surface area contributed by atoms with Crippen molar-refractivity contribution in [2.24, 2.45) is 4.99 Å². The molecule has 0 saturated heterocycles. The molecular formula is C19H27IN4O2. The maximum absolute atomic E-state index is 5.31. The molecule has 0 atom stereocenters. The number of methoxy groups -OCH3 is 2. The van der Waals surface area contributed by atoms with Gasteiger partial charge in [-0.1, -0.05) is 18.2 Å². The van der Waals surface area contributed by atoms with Crippen molar-refractivity contribution in [2.45, 2.75) is 6.42 Å². The predicted octanol–water partition coefficient (Wildman–Crippen LogP) is 3.81. The fourth-order valence-electron chi connectivity index (χ4n) is 2.31. The number of benzene rings is 2. The smallest absolute Gasteiger partial charge is 0.195 e. The lowest BCUT2D eigenvalue weighted by atomic mass is 10.2. The molecule has 0 heterocycles. The Kier molecular flexibility index (Phi) is 10.3. The second-order valence-corrected chi connectivity index (χ2v) is 5.34. The Morgan fingerprint density at radius 3 is 2.31 bits per heavy atom. The second kappa shape index (κ2) is 12.2. The quantitative estimate of drug-likeness (QED) is 0.237. The van der Waals surface area contributed by atoms with Gasteiger partial charge < -0.3 is 25.4 Å². The van der Waals surface area contributed by atoms with Gasteiger partial charge in [-0.15, -0.1) is 24.0 Å². The van der Waals surface area contributed by atoms with Crippen LogP contribution in [-0.2, 0) is 0 Å². The van der Waals surface area contributed by atoms with Crippen molar-refractivity contribution >= 4 is 41.3 Å². The first-order valence-electron chi connectivity index (χ1n) is 8.25. The molecule has 0 amide bonds. The number of nitrogens with one attached hydrogen (secondary N) is 3. The van der Waals surface area contributed by atoms with Crippen LogP contribution in [-0.4, -0.2) is 40.3 Å². The average Bonchev–Trinajstić information content (AvgIpc) is 2.67. The van der Waals surface area contributed by atoms with E-state index in [1.807, 2.05) is 36.4 Å². The van der Waals surface area contributed by atoms with E-state index in [0.717, 1.165) is 30.9 Å². The number of anilines is 2. The molecule has 2 aromatic carbocycles. The molecule has 0 aliphatic carbocycles. The number of hydrogen-bond donors (Lipinski definition) is 3. The summed E-state index contributed by atoms with van der Waals surface area (Å²) in [6.45, 7) is 1.71. The number of rotatable bonds is 8. The topological polar surface area (TPSA) is 66.9 Å². The van der Waals surface area contributed by atoms with Crippen molar-refractivity contribution in [3.05, 3.63) is 48.5 Å². The molecule has 0 aromatic heterocycles. The molecule has 0 saturated carbocycles. The third-order valence-corrected chi connectivity index (χ3v) is 3.62. The largest absolute Gasteiger partial charge is 0.493 e. The van der Waals surface area contributed by atoms with E-state index in [1.54, 1.807) is 21.3 Å². The maximum Gasteiger partial charge on any atom is 0.195 e. The van der Waals surface area contributed by atoms with Crippen LogP contribution in [0.4, 0.5) is 11.4 Å². The lowest BCUT2D eigenvalue weighted by Gasteiger charge is -2.14. The van der Waals surface area contributed by atoms with Crippen LogP contribution in [0.3, 0.4) is 0 Å². The van der Waals surface area contributed by atoms with Crippen molar-refractivity contribution in [3.63, 3.8) is 0 Å². The van der Waals surface area contributed by atoms with E-state index in [2.05, 4.69) is 33.1 Å². The Morgan fingerprint density at radius 1 is 0.923 bits per heavy atom. The van der Waals surface area contributed by atoms with Crippen LogP contribution in [0.5, 0.6) is 11.5 Å². The molecule has 0 radical (unpaired) electrons. The molecule has 0 bridgehead atoms. The Balaban J connectivity index is 0.00000338. The van der Waals surface area contributed by atoms with Gasteiger partial charge in [-0.2, -0.15) is 0 Å². The van der Waals surface area contributed by atoms with Crippen LogP contribution < -0.4 is 25.4 Å². The molecule has 142 valence electrons. The summed E-state index contributed by atoms with van der Waals surface area (Å²) >= 11 is 0. The zero-order chi connectivity index (χ0) is 17.9. The summed E-state index contributed by atoms with van der Waals surface area (Å²) in [5.41, 5.74) is 2.02. The van der Waals surface area contributed by atoms with Crippen molar-refractivity contribution in [1.82, 2.24) is 5.32 Å². The molecule has 7 heteroatoms. The van der Waals surface area contributed by atoms with Gasteiger partial charge in [0.1, 0.15) is 0 Å². The highest BCUT2D eigenvalue weighted by atomic mass is 127. The number of para-hydroxylation sites is 1. The summed E-state index contributed by atoms with van der Waals surface area (Å²) in [7, 11) is 4.99. The molecule has 0 fully saturated rings. The van der Waals surface area contributed by atoms with Crippen LogP contribution in [0, 0.1) is 0 Å². The standard InChI is InChI=1S/C19H26N4O2.HI/c1-20-19(22-13-7-12-21-15-8-5-4-6-9-15)23-16-10-11-17(24-2)18(14-16)25-3;/h4-6,8-11,14,21H,7,12-13H2,1-3H3,(H2,20,22,23);1H. The van der Waals surface area contributed by atoms with E-state index in [1.165, 1.54) is 0 Å². The van der Waals surface area contributed by atoms with Gasteiger partial charge in [0.15, 0.2) is 17.5 Å². The van der Waals surface area contributed by atoms with Crippen LogP contribution in [0.25, 0.3) is 0 Å². The number of ether oxygens (including phenoxy) is 2. The first-order chi connectivity index (χ1) is 12.3. The SMILES string of the molecule is CN=C(NCCCNc1ccccc1)Nc1ccc(OC)c(OC)c1.I. The Morgan fingerprint density at radius 2 is 1.65 bits per heavy atom. The Hall–Kier alpha value is -2.16. The molecule has 0 aliphatic rings. The first kappa shape index (κ1) is 21.9. The summed E-state index contributed by atoms with van der Waals surface area (Å²) in [5, 5.41) is 9.93. The minimum absolute atomic E-state index is 0. The molecule has 2 rings (SSSR count). The summed E-state index contributed by atoms with van der Waals surface area (Å²) < 4.78 is 10.6. The fraction of sp³-hybridized carbons (Fsp3) is 0.316. The minimum Gasteiger partial charge on any atom is -0.493 e. The van der Waals surface area contributed by atoms with Crippen LogP contribution in [0.1, 0.15) is 6.42 Å². The number of nitrogens with zero attached hydrogens (tertiary/aromatic N) is 1. The van der Waals surface area contributed by atoms with Gasteiger partial charge in [0.05, 0.1) is 14.2 Å². The molecule has 0 unspecified atom stereocenters. The number of guanidine groups is 1. The Labute approximate surface area is 172 Å². The molecule has 6 nitrogen and oxygen atoms in total. The van der Waals surface area contributed by atoms with E-state index in [9.17, 15) is 0 Å². The van der Waals surface area contributed by atoms with Gasteiger partial charge in [-0.25, -0.2) is 0 Å². The number of halogens is 1. The summed E-state index contributed by atoms with van der Waals surface area (Å²) in [6.07, 6.45) is 0.974. The Bertz CT molecular complexity index is 680. The highest BCUT2D eigenvalue weighted by Gasteiger charge is 2.06. The monoisotopic (exact) mass is 470 g/mol. The van der Waals surface area contributed by atoms with Gasteiger partial charge in [-0.05, 0) is 30.7 Å². The van der Waals surface area contributed by atoms with E-state index < -0.39 is 0 Å². The van der Waals surface area contributed by atoms with Crippen molar-refractivity contribution in [2.75, 3.05) is 45.0 Å². The average molecular weight is 470 g/mol. The molecule has 26 heavy (non-hydrogen) atoms. The second-order valence-electron chi connectivity index (χ2n) is 5.34. The molecule has 3 N–H and O–H groups in total. The third-order valence-electron chi connectivity index (χ3n) is 3.62. The molecule has 0 aliphatic heterocycles. The predicted molar refractivity (Wildman–Crippen MR) is 119 cm³/mol. The van der Waals surface area contributed by atoms with E-state index in [-0.39, 0.29) is 24.0 Å². The minimum atomic E-state index is 0. The van der Waals surface area contributed by atoms with Crippen LogP contribution in [0.2, 0.25) is 0 Å². The van der Waals surface area contributed by atoms with Crippen molar-refractivity contribution in [1.29, 1.82) is 0 Å². The van der Waals surface area contributed by atoms with E-state index >= 15 is 0 Å². The number of aliphatic imine (C=N–C) groups is 1. The van der Waals surface area contributed by atoms with Gasteiger partial charge >= 0.3 is 0 Å². The van der Waals surface area contributed by atoms with Gasteiger partial charge in [0.25, 0.3) is 0 Å². The highest BCUT2D eigenvalue weighted by Crippen LogP contribution is 2.29. The summed E-state index contributed by atoms with van der Waals surface area (Å²) in [5.74, 6) is 2.09. The molecular weight excluding hydrogens is 443 g/mol. The fourth-order valence-corrected chi connectivity index (χ4v) is 2.31. The maximum atomic E-state index is 5.31. The zero-order valence-corrected chi connectivity index (χ0v) is 17.7. The normalized spacial score (nSPS) is 10.5. The van der Waals surface area contributed by atoms with Crippen LogP contribution >= 0.6 is 24.0 Å². The highest BCUT2D eigenvalue weighted by molar-refractivity contribution is 14.0. The van der Waals surface area contributed by atoms with Gasteiger partial charge in [-0.3, -0.25) is 4.99 Å². The van der Waals surface area contributed by atoms with E-state index in [0.29, 0.717) is 17.5 Å². The molecule has 0 spiro atoms. The van der Waals surface area contributed by atoms with E-state index in [4.69, 9.17) is 9.47 Å². The lowest BCUT2D eigenvalue weighted by molar-refractivity contribution is 0.355. The van der Waals surface area contributed by atoms with Crippen LogP contribution in [0.15, 0.2) is 53.5 Å². The number of hydrogen-bond acceptors (Lipinski definition) is 4. The van der Waals surface area contributed by atoms with Gasteiger partial charge in [0, 0.05) is 37.6 Å². The van der Waals surface area contributed by atoms with Crippen molar-refractivity contribution in [3.8, 4) is 11.5 Å². The molecule has 2 aromatic rings. The zero-order valence-electron chi connectivity index (χ0n) is 15.4. The first-order valence-corrected chi connectivity index (χ1v) is 8.25. The lowest BCUT2D eigenvalue weighted by Crippen LogP contribution is -2.32.